The van der Waals surface area contributed by atoms with E-state index in [4.69, 9.17) is 0 Å². The van der Waals surface area contributed by atoms with E-state index < -0.39 is 24.3 Å². The summed E-state index contributed by atoms with van der Waals surface area (Å²) >= 11 is 1.19. The van der Waals surface area contributed by atoms with Crippen LogP contribution in [0.25, 0.3) is 0 Å². The summed E-state index contributed by atoms with van der Waals surface area (Å²) in [4.78, 5) is 52.6. The Hall–Kier alpha value is -3.92. The summed E-state index contributed by atoms with van der Waals surface area (Å²) in [6, 6.07) is 14.2. The Balaban J connectivity index is 1.23. The fourth-order valence-corrected chi connectivity index (χ4v) is 4.96. The maximum Gasteiger partial charge on any atom is 0.262 e. The molecule has 1 atom stereocenters. The number of rotatable bonds is 5. The molecule has 33 heavy (non-hydrogen) atoms. The van der Waals surface area contributed by atoms with Gasteiger partial charge < -0.3 is 4.90 Å². The molecular weight excluding hydrogens is 442 g/mol. The minimum absolute atomic E-state index is 0.0145. The van der Waals surface area contributed by atoms with Crippen molar-refractivity contribution in [2.45, 2.75) is 19.3 Å². The number of carbonyl (C=O) groups is 4. The molecule has 0 spiro atoms. The van der Waals surface area contributed by atoms with E-state index in [9.17, 15) is 19.2 Å². The van der Waals surface area contributed by atoms with Crippen LogP contribution in [-0.4, -0.2) is 51.8 Å². The molecule has 10 heteroatoms. The summed E-state index contributed by atoms with van der Waals surface area (Å²) in [6.45, 7) is 2.04. The molecule has 5 rings (SSSR count). The largest absolute Gasteiger partial charge is 0.311 e. The Morgan fingerprint density at radius 3 is 2.39 bits per heavy atom. The van der Waals surface area contributed by atoms with Crippen LogP contribution < -0.4 is 10.2 Å². The highest BCUT2D eigenvalue weighted by Gasteiger charge is 2.37. The van der Waals surface area contributed by atoms with Crippen LogP contribution in [0.15, 0.2) is 48.5 Å². The number of amides is 4. The van der Waals surface area contributed by atoms with Crippen LogP contribution in [0.2, 0.25) is 0 Å². The number of nitrogens with one attached hydrogen (secondary N) is 1. The summed E-state index contributed by atoms with van der Waals surface area (Å²) < 4.78 is 0. The van der Waals surface area contributed by atoms with E-state index in [1.807, 2.05) is 31.2 Å². The SMILES string of the molecule is Cc1ccccc1N1CC(c2nnc(NC(=O)CN3C(=O)c4ccccc4C3=O)s2)CC1=O. The molecular formula is C23H19N5O4S. The van der Waals surface area contributed by atoms with E-state index in [-0.39, 0.29) is 28.1 Å². The molecule has 166 valence electrons. The molecule has 2 aliphatic rings. The molecule has 1 aromatic heterocycles. The molecule has 4 amide bonds. The summed E-state index contributed by atoms with van der Waals surface area (Å²) in [5.41, 5.74) is 2.48. The van der Waals surface area contributed by atoms with Gasteiger partial charge in [-0.15, -0.1) is 10.2 Å². The zero-order valence-electron chi connectivity index (χ0n) is 17.6. The van der Waals surface area contributed by atoms with Gasteiger partial charge in [-0.1, -0.05) is 41.7 Å². The van der Waals surface area contributed by atoms with E-state index in [0.717, 1.165) is 16.2 Å². The van der Waals surface area contributed by atoms with Crippen molar-refractivity contribution in [2.24, 2.45) is 0 Å². The van der Waals surface area contributed by atoms with Gasteiger partial charge in [0.05, 0.1) is 11.1 Å². The lowest BCUT2D eigenvalue weighted by atomic mass is 10.1. The van der Waals surface area contributed by atoms with E-state index in [2.05, 4.69) is 15.5 Å². The van der Waals surface area contributed by atoms with E-state index in [1.54, 1.807) is 29.2 Å². The number of benzene rings is 2. The molecule has 0 bridgehead atoms. The monoisotopic (exact) mass is 461 g/mol. The molecule has 0 radical (unpaired) electrons. The number of fused-ring (bicyclic) bond motifs is 1. The second-order valence-corrected chi connectivity index (χ2v) is 8.94. The van der Waals surface area contributed by atoms with Crippen molar-refractivity contribution in [3.63, 3.8) is 0 Å². The Morgan fingerprint density at radius 2 is 1.70 bits per heavy atom. The predicted molar refractivity (Wildman–Crippen MR) is 121 cm³/mol. The topological polar surface area (TPSA) is 113 Å². The molecule has 0 saturated carbocycles. The van der Waals surface area contributed by atoms with Gasteiger partial charge >= 0.3 is 0 Å². The minimum Gasteiger partial charge on any atom is -0.311 e. The van der Waals surface area contributed by atoms with E-state index in [0.29, 0.717) is 18.0 Å². The Labute approximate surface area is 193 Å². The zero-order valence-corrected chi connectivity index (χ0v) is 18.5. The summed E-state index contributed by atoms with van der Waals surface area (Å²) in [5.74, 6) is -1.65. The molecule has 1 N–H and O–H groups in total. The Morgan fingerprint density at radius 1 is 1.03 bits per heavy atom. The number of anilines is 2. The van der Waals surface area contributed by atoms with Gasteiger partial charge in [0, 0.05) is 24.6 Å². The lowest BCUT2D eigenvalue weighted by molar-refractivity contribution is -0.117. The number of nitrogens with zero attached hydrogens (tertiary/aromatic N) is 4. The number of para-hydroxylation sites is 1. The Bertz CT molecular complexity index is 1270. The highest BCUT2D eigenvalue weighted by molar-refractivity contribution is 7.15. The Kier molecular flexibility index (Phi) is 5.21. The van der Waals surface area contributed by atoms with Gasteiger partial charge in [0.1, 0.15) is 11.6 Å². The number of hydrogen-bond donors (Lipinski definition) is 1. The number of imide groups is 1. The van der Waals surface area contributed by atoms with Crippen molar-refractivity contribution < 1.29 is 19.2 Å². The second-order valence-electron chi connectivity index (χ2n) is 7.93. The predicted octanol–water partition coefficient (Wildman–Crippen LogP) is 2.60. The summed E-state index contributed by atoms with van der Waals surface area (Å²) in [6.07, 6.45) is 0.311. The first kappa shape index (κ1) is 21.0. The maximum atomic E-state index is 12.6. The lowest BCUT2D eigenvalue weighted by Gasteiger charge is -2.18. The average molecular weight is 462 g/mol. The number of hydrogen-bond acceptors (Lipinski definition) is 7. The highest BCUT2D eigenvalue weighted by Crippen LogP contribution is 2.35. The standard InChI is InChI=1S/C23H19N5O4S/c1-13-6-2-5-9-17(13)27-11-14(10-19(27)30)20-25-26-23(33-20)24-18(29)12-28-21(31)15-7-3-4-8-16(15)22(28)32/h2-9,14H,10-12H2,1H3,(H,24,26,29). The molecule has 1 unspecified atom stereocenters. The minimum atomic E-state index is -0.545. The first-order chi connectivity index (χ1) is 15.9. The fraction of sp³-hybridized carbons (Fsp3) is 0.217. The normalized spacial score (nSPS) is 17.6. The van der Waals surface area contributed by atoms with Crippen molar-refractivity contribution >= 4 is 45.8 Å². The smallest absolute Gasteiger partial charge is 0.262 e. The number of carbonyl (C=O) groups excluding carboxylic acids is 4. The van der Waals surface area contributed by atoms with Crippen molar-refractivity contribution in [3.05, 3.63) is 70.2 Å². The van der Waals surface area contributed by atoms with Crippen LogP contribution >= 0.6 is 11.3 Å². The fourth-order valence-electron chi connectivity index (χ4n) is 4.11. The van der Waals surface area contributed by atoms with E-state index in [1.165, 1.54) is 11.3 Å². The van der Waals surface area contributed by atoms with Gasteiger partial charge in [-0.3, -0.25) is 29.4 Å². The molecule has 0 aliphatic carbocycles. The van der Waals surface area contributed by atoms with Crippen LogP contribution in [0.4, 0.5) is 10.8 Å². The van der Waals surface area contributed by atoms with Gasteiger partial charge in [-0.2, -0.15) is 0 Å². The average Bonchev–Trinajstić information content (AvgIpc) is 3.48. The van der Waals surface area contributed by atoms with Crippen molar-refractivity contribution in [3.8, 4) is 0 Å². The first-order valence-electron chi connectivity index (χ1n) is 10.4. The zero-order chi connectivity index (χ0) is 23.1. The highest BCUT2D eigenvalue weighted by atomic mass is 32.1. The van der Waals surface area contributed by atoms with Gasteiger partial charge in [-0.25, -0.2) is 0 Å². The molecule has 2 aliphatic heterocycles. The van der Waals surface area contributed by atoms with Gasteiger partial charge in [0.25, 0.3) is 11.8 Å². The van der Waals surface area contributed by atoms with Crippen LogP contribution in [0.5, 0.6) is 0 Å². The van der Waals surface area contributed by atoms with Gasteiger partial charge in [0.15, 0.2) is 0 Å². The molecule has 1 saturated heterocycles. The quantitative estimate of drug-likeness (QED) is 0.585. The molecule has 2 aromatic carbocycles. The van der Waals surface area contributed by atoms with Gasteiger partial charge in [0.2, 0.25) is 16.9 Å². The second kappa shape index (κ2) is 8.21. The van der Waals surface area contributed by atoms with Crippen molar-refractivity contribution in [1.29, 1.82) is 0 Å². The van der Waals surface area contributed by atoms with Gasteiger partial charge in [-0.05, 0) is 30.7 Å². The molecule has 3 heterocycles. The maximum absolute atomic E-state index is 12.6. The summed E-state index contributed by atoms with van der Waals surface area (Å²) in [5, 5.41) is 11.7. The summed E-state index contributed by atoms with van der Waals surface area (Å²) in [7, 11) is 0. The van der Waals surface area contributed by atoms with Crippen LogP contribution in [-0.2, 0) is 9.59 Å². The number of aryl methyl sites for hydroxylation is 1. The number of aromatic nitrogens is 2. The van der Waals surface area contributed by atoms with Crippen LogP contribution in [0, 0.1) is 6.92 Å². The van der Waals surface area contributed by atoms with Crippen molar-refractivity contribution in [1.82, 2.24) is 15.1 Å². The lowest BCUT2D eigenvalue weighted by Crippen LogP contribution is -2.37. The van der Waals surface area contributed by atoms with Crippen LogP contribution in [0.3, 0.4) is 0 Å². The molecule has 3 aromatic rings. The third-order valence-electron chi connectivity index (χ3n) is 5.75. The third-order valence-corrected chi connectivity index (χ3v) is 6.75. The first-order valence-corrected chi connectivity index (χ1v) is 11.2. The molecule has 9 nitrogen and oxygen atoms in total. The van der Waals surface area contributed by atoms with E-state index >= 15 is 0 Å². The third kappa shape index (κ3) is 3.78. The van der Waals surface area contributed by atoms with Crippen molar-refractivity contribution in [2.75, 3.05) is 23.3 Å². The molecule has 1 fully saturated rings. The van der Waals surface area contributed by atoms with Crippen LogP contribution in [0.1, 0.15) is 43.6 Å².